The van der Waals surface area contributed by atoms with E-state index in [0.717, 1.165) is 5.56 Å². The van der Waals surface area contributed by atoms with Gasteiger partial charge in [-0.25, -0.2) is 9.59 Å². The smallest absolute Gasteiger partial charge is 0.328 e. The lowest BCUT2D eigenvalue weighted by Gasteiger charge is -2.40. The topological polar surface area (TPSA) is 91.0 Å². The first-order valence-electron chi connectivity index (χ1n) is 10.2. The number of nitrogens with one attached hydrogen (secondary N) is 2. The highest BCUT2D eigenvalue weighted by atomic mass is 35.5. The van der Waals surface area contributed by atoms with Gasteiger partial charge in [0.05, 0.1) is 12.6 Å². The Morgan fingerprint density at radius 3 is 2.13 bits per heavy atom. The van der Waals surface area contributed by atoms with Gasteiger partial charge in [-0.3, -0.25) is 19.9 Å². The van der Waals surface area contributed by atoms with Crippen LogP contribution in [0.15, 0.2) is 24.3 Å². The van der Waals surface area contributed by atoms with Gasteiger partial charge in [0, 0.05) is 37.2 Å². The lowest BCUT2D eigenvalue weighted by Crippen LogP contribution is -2.56. The first-order chi connectivity index (χ1) is 14.2. The summed E-state index contributed by atoms with van der Waals surface area (Å²) < 4.78 is 5.29. The van der Waals surface area contributed by atoms with E-state index in [9.17, 15) is 14.4 Å². The van der Waals surface area contributed by atoms with Crippen LogP contribution < -0.4 is 10.6 Å². The van der Waals surface area contributed by atoms with Crippen LogP contribution in [0, 0.1) is 0 Å². The van der Waals surface area contributed by atoms with Gasteiger partial charge in [0.25, 0.3) is 0 Å². The van der Waals surface area contributed by atoms with Crippen molar-refractivity contribution in [2.75, 3.05) is 32.8 Å². The van der Waals surface area contributed by atoms with Gasteiger partial charge in [-0.2, -0.15) is 0 Å². The van der Waals surface area contributed by atoms with Crippen molar-refractivity contribution in [3.8, 4) is 0 Å². The van der Waals surface area contributed by atoms with Gasteiger partial charge < -0.3 is 10.1 Å². The van der Waals surface area contributed by atoms with Gasteiger partial charge in [-0.1, -0.05) is 23.7 Å². The van der Waals surface area contributed by atoms with Crippen LogP contribution in [0.1, 0.15) is 39.3 Å². The molecule has 9 heteroatoms. The minimum atomic E-state index is -0.523. The predicted molar refractivity (Wildman–Crippen MR) is 115 cm³/mol. The number of ether oxygens (including phenoxy) is 1. The molecule has 2 rings (SSSR count). The van der Waals surface area contributed by atoms with Crippen LogP contribution in [-0.2, 0) is 14.3 Å². The summed E-state index contributed by atoms with van der Waals surface area (Å²) in [5.74, 6) is -0.648. The summed E-state index contributed by atoms with van der Waals surface area (Å²) in [4.78, 5) is 40.9. The average Bonchev–Trinajstić information content (AvgIpc) is 2.69. The van der Waals surface area contributed by atoms with E-state index in [-0.39, 0.29) is 17.9 Å². The van der Waals surface area contributed by atoms with E-state index >= 15 is 0 Å². The van der Waals surface area contributed by atoms with Crippen molar-refractivity contribution in [3.63, 3.8) is 0 Å². The number of esters is 1. The fourth-order valence-corrected chi connectivity index (χ4v) is 3.55. The third-order valence-electron chi connectivity index (χ3n) is 4.99. The first-order valence-corrected chi connectivity index (χ1v) is 10.6. The molecule has 1 aromatic carbocycles. The first kappa shape index (κ1) is 24.1. The van der Waals surface area contributed by atoms with Gasteiger partial charge in [0.2, 0.25) is 5.91 Å². The molecule has 0 spiro atoms. The number of imide groups is 1. The molecule has 166 valence electrons. The zero-order valence-corrected chi connectivity index (χ0v) is 18.7. The molecule has 3 amide bonds. The van der Waals surface area contributed by atoms with Gasteiger partial charge >= 0.3 is 12.0 Å². The largest absolute Gasteiger partial charge is 0.465 e. The van der Waals surface area contributed by atoms with E-state index < -0.39 is 18.1 Å². The van der Waals surface area contributed by atoms with Crippen molar-refractivity contribution in [1.29, 1.82) is 0 Å². The van der Waals surface area contributed by atoms with Crippen LogP contribution in [0.25, 0.3) is 0 Å². The number of benzene rings is 1. The summed E-state index contributed by atoms with van der Waals surface area (Å²) in [6.07, 6.45) is 0. The monoisotopic (exact) mass is 438 g/mol. The average molecular weight is 439 g/mol. The van der Waals surface area contributed by atoms with Crippen LogP contribution in [0.3, 0.4) is 0 Å². The zero-order valence-electron chi connectivity index (χ0n) is 18.0. The maximum Gasteiger partial charge on any atom is 0.328 e. The summed E-state index contributed by atoms with van der Waals surface area (Å²) >= 11 is 5.99. The maximum absolute atomic E-state index is 12.6. The molecule has 1 saturated heterocycles. The molecular weight excluding hydrogens is 408 g/mol. The number of halogens is 1. The van der Waals surface area contributed by atoms with Gasteiger partial charge in [0.15, 0.2) is 0 Å². The van der Waals surface area contributed by atoms with Crippen molar-refractivity contribution in [2.45, 2.75) is 45.8 Å². The van der Waals surface area contributed by atoms with Gasteiger partial charge in [-0.05, 0) is 45.4 Å². The SMILES string of the molecule is CCOC(=O)[C@H](c1ccc(Cl)cc1)N1CCN([C@@H](C)C(=O)NC(=O)NC(C)C)CC1. The lowest BCUT2D eigenvalue weighted by molar-refractivity contribution is -0.151. The van der Waals surface area contributed by atoms with E-state index in [1.54, 1.807) is 26.0 Å². The van der Waals surface area contributed by atoms with Crippen LogP contribution in [0.2, 0.25) is 5.02 Å². The molecule has 30 heavy (non-hydrogen) atoms. The Bertz CT molecular complexity index is 733. The Kier molecular flexibility index (Phi) is 9.08. The van der Waals surface area contributed by atoms with Crippen LogP contribution in [-0.4, -0.2) is 72.6 Å². The summed E-state index contributed by atoms with van der Waals surface area (Å²) in [7, 11) is 0. The molecule has 0 aromatic heterocycles. The lowest BCUT2D eigenvalue weighted by atomic mass is 10.0. The summed E-state index contributed by atoms with van der Waals surface area (Å²) in [5, 5.41) is 5.62. The number of nitrogens with zero attached hydrogens (tertiary/aromatic N) is 2. The molecule has 1 heterocycles. The Labute approximate surface area is 182 Å². The highest BCUT2D eigenvalue weighted by Gasteiger charge is 2.34. The number of carbonyl (C=O) groups excluding carboxylic acids is 3. The second kappa shape index (κ2) is 11.3. The molecule has 1 aliphatic rings. The normalized spacial score (nSPS) is 17.3. The van der Waals surface area contributed by atoms with E-state index in [1.165, 1.54) is 0 Å². The van der Waals surface area contributed by atoms with Crippen molar-refractivity contribution in [2.24, 2.45) is 0 Å². The fourth-order valence-electron chi connectivity index (χ4n) is 3.43. The molecule has 0 unspecified atom stereocenters. The van der Waals surface area contributed by atoms with Crippen molar-refractivity contribution in [3.05, 3.63) is 34.9 Å². The summed E-state index contributed by atoms with van der Waals surface area (Å²) in [6, 6.07) is 5.66. The summed E-state index contributed by atoms with van der Waals surface area (Å²) in [5.41, 5.74) is 0.822. The quantitative estimate of drug-likeness (QED) is 0.634. The van der Waals surface area contributed by atoms with Crippen molar-refractivity contribution in [1.82, 2.24) is 20.4 Å². The third-order valence-corrected chi connectivity index (χ3v) is 5.25. The standard InChI is InChI=1S/C21H31ClN4O4/c1-5-30-20(28)18(16-6-8-17(22)9-7-16)26-12-10-25(11-13-26)15(4)19(27)24-21(29)23-14(2)3/h6-9,14-15,18H,5,10-13H2,1-4H3,(H2,23,24,27,29)/t15-,18-/m0/s1. The van der Waals surface area contributed by atoms with Crippen LogP contribution >= 0.6 is 11.6 Å². The van der Waals surface area contributed by atoms with E-state index in [2.05, 4.69) is 10.6 Å². The third kappa shape index (κ3) is 6.68. The molecule has 2 N–H and O–H groups in total. The molecule has 8 nitrogen and oxygen atoms in total. The Balaban J connectivity index is 2.00. The number of hydrogen-bond acceptors (Lipinski definition) is 6. The second-order valence-electron chi connectivity index (χ2n) is 7.57. The molecule has 2 atom stereocenters. The van der Waals surface area contributed by atoms with E-state index in [1.807, 2.05) is 35.8 Å². The Morgan fingerprint density at radius 1 is 1.03 bits per heavy atom. The van der Waals surface area contributed by atoms with Crippen LogP contribution in [0.5, 0.6) is 0 Å². The molecule has 0 radical (unpaired) electrons. The number of rotatable bonds is 7. The molecule has 1 aromatic rings. The second-order valence-corrected chi connectivity index (χ2v) is 8.01. The Hall–Kier alpha value is -2.16. The van der Waals surface area contributed by atoms with Gasteiger partial charge in [0.1, 0.15) is 6.04 Å². The molecule has 0 saturated carbocycles. The van der Waals surface area contributed by atoms with Crippen molar-refractivity contribution < 1.29 is 19.1 Å². The highest BCUT2D eigenvalue weighted by molar-refractivity contribution is 6.30. The number of carbonyl (C=O) groups is 3. The van der Waals surface area contributed by atoms with Crippen molar-refractivity contribution >= 4 is 29.5 Å². The fraction of sp³-hybridized carbons (Fsp3) is 0.571. The zero-order chi connectivity index (χ0) is 22.3. The number of urea groups is 1. The Morgan fingerprint density at radius 2 is 1.60 bits per heavy atom. The number of hydrogen-bond donors (Lipinski definition) is 2. The van der Waals surface area contributed by atoms with E-state index in [0.29, 0.717) is 37.8 Å². The van der Waals surface area contributed by atoms with Crippen LogP contribution in [0.4, 0.5) is 4.79 Å². The molecule has 0 bridgehead atoms. The maximum atomic E-state index is 12.6. The molecule has 1 aliphatic heterocycles. The molecule has 1 fully saturated rings. The minimum Gasteiger partial charge on any atom is -0.465 e. The number of piperazine rings is 1. The van der Waals surface area contributed by atoms with E-state index in [4.69, 9.17) is 16.3 Å². The molecular formula is C21H31ClN4O4. The predicted octanol–water partition coefficient (Wildman–Crippen LogP) is 2.18. The number of amides is 3. The summed E-state index contributed by atoms with van der Waals surface area (Å²) in [6.45, 7) is 9.86. The van der Waals surface area contributed by atoms with Gasteiger partial charge in [-0.15, -0.1) is 0 Å². The molecule has 0 aliphatic carbocycles. The minimum absolute atomic E-state index is 0.0515. The highest BCUT2D eigenvalue weighted by Crippen LogP contribution is 2.25.